The van der Waals surface area contributed by atoms with E-state index in [1.807, 2.05) is 41.9 Å². The number of halogens is 1. The second-order valence-electron chi connectivity index (χ2n) is 5.88. The fourth-order valence-corrected chi connectivity index (χ4v) is 3.34. The van der Waals surface area contributed by atoms with Crippen LogP contribution in [0.5, 0.6) is 0 Å². The van der Waals surface area contributed by atoms with Gasteiger partial charge in [0.2, 0.25) is 5.91 Å². The molecule has 28 heavy (non-hydrogen) atoms. The van der Waals surface area contributed by atoms with Crippen molar-refractivity contribution in [3.05, 3.63) is 75.1 Å². The van der Waals surface area contributed by atoms with E-state index < -0.39 is 4.92 Å². The molecule has 144 valence electrons. The maximum absolute atomic E-state index is 12.2. The predicted octanol–water partition coefficient (Wildman–Crippen LogP) is 3.70. The van der Waals surface area contributed by atoms with E-state index in [0.717, 1.165) is 11.4 Å². The summed E-state index contributed by atoms with van der Waals surface area (Å²) < 4.78 is 1.84. The van der Waals surface area contributed by atoms with E-state index in [9.17, 15) is 14.9 Å². The molecular formula is C18H16ClN5O3S. The van der Waals surface area contributed by atoms with E-state index in [0.29, 0.717) is 11.6 Å². The molecule has 0 unspecified atom stereocenters. The monoisotopic (exact) mass is 417 g/mol. The number of nitrogens with zero attached hydrogens (tertiary/aromatic N) is 4. The number of hydrogen-bond donors (Lipinski definition) is 1. The first kappa shape index (κ1) is 19.8. The smallest absolute Gasteiger partial charge is 0.271 e. The van der Waals surface area contributed by atoms with Crippen LogP contribution in [0.1, 0.15) is 11.4 Å². The van der Waals surface area contributed by atoms with Gasteiger partial charge in [0, 0.05) is 25.6 Å². The number of non-ortho nitro benzene ring substituents is 1. The molecule has 0 saturated carbocycles. The molecule has 3 aromatic rings. The van der Waals surface area contributed by atoms with Crippen molar-refractivity contribution in [2.75, 3.05) is 11.1 Å². The summed E-state index contributed by atoms with van der Waals surface area (Å²) in [5.41, 5.74) is 1.17. The number of amides is 1. The fraction of sp³-hybridized carbons (Fsp3) is 0.167. The molecular weight excluding hydrogens is 402 g/mol. The van der Waals surface area contributed by atoms with Crippen molar-refractivity contribution >= 4 is 40.6 Å². The van der Waals surface area contributed by atoms with Gasteiger partial charge in [-0.15, -0.1) is 10.2 Å². The van der Waals surface area contributed by atoms with Crippen LogP contribution in [0.4, 0.5) is 11.4 Å². The van der Waals surface area contributed by atoms with Crippen LogP contribution in [-0.4, -0.2) is 31.3 Å². The molecule has 0 bridgehead atoms. The zero-order valence-electron chi connectivity index (χ0n) is 14.8. The Morgan fingerprint density at radius 1 is 1.25 bits per heavy atom. The molecule has 0 saturated heterocycles. The zero-order valence-corrected chi connectivity index (χ0v) is 16.4. The number of rotatable bonds is 7. The van der Waals surface area contributed by atoms with Crippen LogP contribution >= 0.6 is 23.4 Å². The van der Waals surface area contributed by atoms with Crippen LogP contribution in [-0.2, 0) is 18.3 Å². The van der Waals surface area contributed by atoms with Crippen molar-refractivity contribution in [2.45, 2.75) is 11.6 Å². The number of carbonyl (C=O) groups is 1. The third-order valence-corrected chi connectivity index (χ3v) is 5.25. The van der Waals surface area contributed by atoms with Gasteiger partial charge in [-0.2, -0.15) is 0 Å². The first-order valence-electron chi connectivity index (χ1n) is 8.23. The van der Waals surface area contributed by atoms with Gasteiger partial charge in [0.1, 0.15) is 5.82 Å². The van der Waals surface area contributed by atoms with E-state index in [2.05, 4.69) is 15.5 Å². The maximum Gasteiger partial charge on any atom is 0.271 e. The number of nitrogens with one attached hydrogen (secondary N) is 1. The van der Waals surface area contributed by atoms with Crippen LogP contribution in [0.25, 0.3) is 0 Å². The van der Waals surface area contributed by atoms with Gasteiger partial charge >= 0.3 is 0 Å². The molecule has 3 rings (SSSR count). The Bertz CT molecular complexity index is 1010. The second-order valence-corrected chi connectivity index (χ2v) is 7.23. The van der Waals surface area contributed by atoms with Crippen LogP contribution in [0.3, 0.4) is 0 Å². The molecule has 2 aromatic carbocycles. The summed E-state index contributed by atoms with van der Waals surface area (Å²) in [6, 6.07) is 13.8. The summed E-state index contributed by atoms with van der Waals surface area (Å²) in [5.74, 6) is 0.506. The molecule has 10 heteroatoms. The van der Waals surface area contributed by atoms with Gasteiger partial charge in [-0.25, -0.2) is 0 Å². The minimum Gasteiger partial charge on any atom is -0.324 e. The quantitative estimate of drug-likeness (QED) is 0.357. The summed E-state index contributed by atoms with van der Waals surface area (Å²) in [6.45, 7) is 0. The van der Waals surface area contributed by atoms with Gasteiger partial charge in [0.15, 0.2) is 5.16 Å². The number of nitro groups is 1. The third-order valence-electron chi connectivity index (χ3n) is 3.90. The van der Waals surface area contributed by atoms with Crippen LogP contribution in [0.15, 0.2) is 53.7 Å². The lowest BCUT2D eigenvalue weighted by atomic mass is 10.1. The summed E-state index contributed by atoms with van der Waals surface area (Å²) in [5, 5.41) is 22.6. The number of carbonyl (C=O) groups excluding carboxylic acids is 1. The molecule has 0 spiro atoms. The van der Waals surface area contributed by atoms with E-state index in [-0.39, 0.29) is 28.1 Å². The van der Waals surface area contributed by atoms with Gasteiger partial charge in [-0.05, 0) is 11.6 Å². The van der Waals surface area contributed by atoms with E-state index in [4.69, 9.17) is 11.6 Å². The summed E-state index contributed by atoms with van der Waals surface area (Å²) in [6.07, 6.45) is 0.639. The number of thioether (sulfide) groups is 1. The summed E-state index contributed by atoms with van der Waals surface area (Å²) >= 11 is 7.22. The highest BCUT2D eigenvalue weighted by Gasteiger charge is 2.15. The number of anilines is 1. The molecule has 0 radical (unpaired) electrons. The maximum atomic E-state index is 12.2. The Hall–Kier alpha value is -2.91. The Balaban J connectivity index is 1.61. The molecule has 1 aromatic heterocycles. The average molecular weight is 418 g/mol. The Morgan fingerprint density at radius 3 is 2.71 bits per heavy atom. The lowest BCUT2D eigenvalue weighted by molar-refractivity contribution is -0.384. The molecule has 0 aliphatic heterocycles. The van der Waals surface area contributed by atoms with E-state index >= 15 is 0 Å². The van der Waals surface area contributed by atoms with Crippen molar-refractivity contribution < 1.29 is 9.72 Å². The fourth-order valence-electron chi connectivity index (χ4n) is 2.44. The minimum atomic E-state index is -0.547. The lowest BCUT2D eigenvalue weighted by Gasteiger charge is -2.07. The third kappa shape index (κ3) is 4.87. The molecule has 0 atom stereocenters. The van der Waals surface area contributed by atoms with Crippen molar-refractivity contribution in [3.8, 4) is 0 Å². The Labute approximate surface area is 170 Å². The highest BCUT2D eigenvalue weighted by atomic mass is 35.5. The molecule has 1 heterocycles. The highest BCUT2D eigenvalue weighted by Crippen LogP contribution is 2.27. The van der Waals surface area contributed by atoms with E-state index in [1.54, 1.807) is 0 Å². The van der Waals surface area contributed by atoms with Crippen molar-refractivity contribution in [1.82, 2.24) is 14.8 Å². The van der Waals surface area contributed by atoms with Crippen LogP contribution in [0, 0.1) is 10.1 Å². The zero-order chi connectivity index (χ0) is 20.1. The van der Waals surface area contributed by atoms with Gasteiger partial charge in [-0.3, -0.25) is 14.9 Å². The number of nitro benzene ring substituents is 1. The first-order valence-corrected chi connectivity index (χ1v) is 9.59. The number of hydrogen-bond acceptors (Lipinski definition) is 6. The first-order chi connectivity index (χ1) is 13.4. The van der Waals surface area contributed by atoms with Crippen molar-refractivity contribution in [2.24, 2.45) is 7.05 Å². The summed E-state index contributed by atoms with van der Waals surface area (Å²) in [4.78, 5) is 22.5. The minimum absolute atomic E-state index is 0.0658. The SMILES string of the molecule is Cn1c(Cc2ccccc2)nnc1SCC(=O)Nc1cc([N+](=O)[O-])ccc1Cl. The van der Waals surface area contributed by atoms with E-state index in [1.165, 1.54) is 30.0 Å². The van der Waals surface area contributed by atoms with Gasteiger partial charge in [0.05, 0.1) is 21.4 Å². The number of benzene rings is 2. The van der Waals surface area contributed by atoms with Gasteiger partial charge < -0.3 is 9.88 Å². The molecule has 0 aliphatic rings. The highest BCUT2D eigenvalue weighted by molar-refractivity contribution is 7.99. The standard InChI is InChI=1S/C18H16ClN5O3S/c1-23-16(9-12-5-3-2-4-6-12)21-22-18(23)28-11-17(25)20-15-10-13(24(26)27)7-8-14(15)19/h2-8,10H,9,11H2,1H3,(H,20,25). The predicted molar refractivity (Wildman–Crippen MR) is 108 cm³/mol. The van der Waals surface area contributed by atoms with Gasteiger partial charge in [-0.1, -0.05) is 53.7 Å². The largest absolute Gasteiger partial charge is 0.324 e. The van der Waals surface area contributed by atoms with Crippen molar-refractivity contribution in [1.29, 1.82) is 0 Å². The Morgan fingerprint density at radius 2 is 2.00 bits per heavy atom. The topological polar surface area (TPSA) is 103 Å². The molecule has 0 aliphatic carbocycles. The number of aromatic nitrogens is 3. The Kier molecular flexibility index (Phi) is 6.27. The molecule has 0 fully saturated rings. The lowest BCUT2D eigenvalue weighted by Crippen LogP contribution is -2.15. The average Bonchev–Trinajstić information content (AvgIpc) is 3.02. The van der Waals surface area contributed by atoms with Crippen molar-refractivity contribution in [3.63, 3.8) is 0 Å². The molecule has 1 amide bonds. The summed E-state index contributed by atoms with van der Waals surface area (Å²) in [7, 11) is 1.84. The molecule has 1 N–H and O–H groups in total. The second kappa shape index (κ2) is 8.85. The molecule has 8 nitrogen and oxygen atoms in total. The normalized spacial score (nSPS) is 10.6. The van der Waals surface area contributed by atoms with Gasteiger partial charge in [0.25, 0.3) is 5.69 Å². The van der Waals surface area contributed by atoms with Crippen LogP contribution in [0.2, 0.25) is 5.02 Å². The van der Waals surface area contributed by atoms with Crippen LogP contribution < -0.4 is 5.32 Å².